The molecule has 4 nitrogen and oxygen atoms in total. The average molecular weight is 171 g/mol. The summed E-state index contributed by atoms with van der Waals surface area (Å²) in [5, 5.41) is 4.50. The molecular formula is C3H9NO3S2. The summed E-state index contributed by atoms with van der Waals surface area (Å²) in [6.45, 7) is 0.113. The zero-order valence-electron chi connectivity index (χ0n) is 4.78. The van der Waals surface area contributed by atoms with Gasteiger partial charge in [-0.15, -0.1) is 0 Å². The van der Waals surface area contributed by atoms with Crippen LogP contribution in [0.15, 0.2) is 0 Å². The molecule has 0 aromatic rings. The van der Waals surface area contributed by atoms with E-state index in [1.54, 1.807) is 0 Å². The molecule has 0 heterocycles. The van der Waals surface area contributed by atoms with Crippen molar-refractivity contribution in [3.8, 4) is 0 Å². The molecule has 0 radical (unpaired) electrons. The molecule has 9 heavy (non-hydrogen) atoms. The topological polar surface area (TPSA) is 69.4 Å². The van der Waals surface area contributed by atoms with Crippen LogP contribution >= 0.6 is 12.6 Å². The minimum absolute atomic E-state index is 0.113. The Kier molecular flexibility index (Phi) is 4.20. The van der Waals surface area contributed by atoms with Crippen LogP contribution in [0.1, 0.15) is 6.42 Å². The molecule has 0 spiro atoms. The second-order valence-corrected chi connectivity index (χ2v) is 3.06. The first-order chi connectivity index (χ1) is 4.06. The van der Waals surface area contributed by atoms with Gasteiger partial charge in [0.25, 0.3) is 0 Å². The number of rotatable bonds is 4. The second-order valence-electron chi connectivity index (χ2n) is 1.39. The van der Waals surface area contributed by atoms with Crippen molar-refractivity contribution in [1.82, 2.24) is 0 Å². The van der Waals surface area contributed by atoms with Crippen LogP contribution in [-0.2, 0) is 14.5 Å². The molecule has 0 amide bonds. The van der Waals surface area contributed by atoms with E-state index in [0.717, 1.165) is 0 Å². The molecule has 0 saturated heterocycles. The van der Waals surface area contributed by atoms with Crippen LogP contribution in [0.3, 0.4) is 0 Å². The summed E-state index contributed by atoms with van der Waals surface area (Å²) in [4.78, 5) is 0. The fraction of sp³-hybridized carbons (Fsp3) is 1.00. The van der Waals surface area contributed by atoms with E-state index in [0.29, 0.717) is 12.2 Å². The largest absolute Gasteiger partial charge is 0.333 e. The Bertz CT molecular complexity index is 152. The van der Waals surface area contributed by atoms with Crippen LogP contribution in [0.25, 0.3) is 0 Å². The molecule has 0 saturated carbocycles. The number of hydrogen-bond donors (Lipinski definition) is 2. The van der Waals surface area contributed by atoms with Crippen LogP contribution in [-0.4, -0.2) is 20.8 Å². The van der Waals surface area contributed by atoms with Crippen molar-refractivity contribution in [2.24, 2.45) is 5.14 Å². The Morgan fingerprint density at radius 1 is 1.56 bits per heavy atom. The maximum Gasteiger partial charge on any atom is 0.333 e. The Hall–Kier alpha value is 0.220. The van der Waals surface area contributed by atoms with Gasteiger partial charge in [-0.25, -0.2) is 5.14 Å². The van der Waals surface area contributed by atoms with Crippen LogP contribution in [0.2, 0.25) is 0 Å². The highest BCUT2D eigenvalue weighted by Gasteiger charge is 1.98. The van der Waals surface area contributed by atoms with Crippen molar-refractivity contribution < 1.29 is 12.6 Å². The minimum Gasteiger partial charge on any atom is -0.258 e. The lowest BCUT2D eigenvalue weighted by molar-refractivity contribution is 0.320. The van der Waals surface area contributed by atoms with Gasteiger partial charge in [0.2, 0.25) is 0 Å². The lowest BCUT2D eigenvalue weighted by Gasteiger charge is -1.96. The van der Waals surface area contributed by atoms with E-state index >= 15 is 0 Å². The van der Waals surface area contributed by atoms with Gasteiger partial charge in [0, 0.05) is 0 Å². The van der Waals surface area contributed by atoms with E-state index in [9.17, 15) is 8.42 Å². The number of thiol groups is 1. The Morgan fingerprint density at radius 2 is 2.11 bits per heavy atom. The summed E-state index contributed by atoms with van der Waals surface area (Å²) in [6.07, 6.45) is 0.583. The van der Waals surface area contributed by atoms with Gasteiger partial charge in [0.05, 0.1) is 6.61 Å². The SMILES string of the molecule is NS(=O)(=O)OCCCS. The Balaban J connectivity index is 3.30. The molecule has 2 N–H and O–H groups in total. The van der Waals surface area contributed by atoms with E-state index in [2.05, 4.69) is 22.0 Å². The third kappa shape index (κ3) is 8.22. The Morgan fingerprint density at radius 3 is 2.44 bits per heavy atom. The molecule has 6 heteroatoms. The fourth-order valence-corrected chi connectivity index (χ4v) is 0.719. The van der Waals surface area contributed by atoms with E-state index in [4.69, 9.17) is 0 Å². The maximum absolute atomic E-state index is 10.0. The smallest absolute Gasteiger partial charge is 0.258 e. The molecule has 56 valence electrons. The van der Waals surface area contributed by atoms with Crippen LogP contribution < -0.4 is 5.14 Å². The van der Waals surface area contributed by atoms with Crippen molar-refractivity contribution in [2.75, 3.05) is 12.4 Å². The number of nitrogens with two attached hydrogens (primary N) is 1. The molecule has 0 fully saturated rings. The quantitative estimate of drug-likeness (QED) is 0.443. The predicted octanol–water partition coefficient (Wildman–Crippen LogP) is -0.474. The van der Waals surface area contributed by atoms with E-state index in [1.165, 1.54) is 0 Å². The van der Waals surface area contributed by atoms with Gasteiger partial charge in [0.15, 0.2) is 0 Å². The highest BCUT2D eigenvalue weighted by atomic mass is 32.2. The van der Waals surface area contributed by atoms with Gasteiger partial charge in [-0.1, -0.05) is 0 Å². The molecule has 0 aliphatic carbocycles. The second kappa shape index (κ2) is 4.10. The fourth-order valence-electron chi connectivity index (χ4n) is 0.240. The first kappa shape index (κ1) is 9.22. The van der Waals surface area contributed by atoms with E-state index in [-0.39, 0.29) is 6.61 Å². The summed E-state index contributed by atoms with van der Waals surface area (Å²) < 4.78 is 24.2. The van der Waals surface area contributed by atoms with Crippen molar-refractivity contribution in [3.05, 3.63) is 0 Å². The third-order valence-electron chi connectivity index (χ3n) is 0.550. The molecule has 0 aliphatic rings. The zero-order chi connectivity index (χ0) is 7.33. The average Bonchev–Trinajstić information content (AvgIpc) is 1.63. The lowest BCUT2D eigenvalue weighted by Crippen LogP contribution is -2.16. The summed E-state index contributed by atoms with van der Waals surface area (Å²) in [5.41, 5.74) is 0. The molecule has 0 aromatic carbocycles. The normalized spacial score (nSPS) is 11.8. The minimum atomic E-state index is -3.73. The van der Waals surface area contributed by atoms with Crippen molar-refractivity contribution in [2.45, 2.75) is 6.42 Å². The maximum atomic E-state index is 10.0. The summed E-state index contributed by atoms with van der Waals surface area (Å²) in [5.74, 6) is 0.593. The van der Waals surface area contributed by atoms with Crippen LogP contribution in [0, 0.1) is 0 Å². The molecule has 0 unspecified atom stereocenters. The van der Waals surface area contributed by atoms with Gasteiger partial charge in [0.1, 0.15) is 0 Å². The van der Waals surface area contributed by atoms with Gasteiger partial charge in [-0.2, -0.15) is 21.0 Å². The molecule has 0 atom stereocenters. The van der Waals surface area contributed by atoms with E-state index in [1.807, 2.05) is 0 Å². The summed E-state index contributed by atoms with van der Waals surface area (Å²) in [6, 6.07) is 0. The third-order valence-corrected chi connectivity index (χ3v) is 1.36. The van der Waals surface area contributed by atoms with Crippen LogP contribution in [0.5, 0.6) is 0 Å². The summed E-state index contributed by atoms with van der Waals surface area (Å²) in [7, 11) is -3.73. The van der Waals surface area contributed by atoms with Crippen molar-refractivity contribution in [1.29, 1.82) is 0 Å². The first-order valence-corrected chi connectivity index (χ1v) is 4.44. The summed E-state index contributed by atoms with van der Waals surface area (Å²) >= 11 is 3.83. The monoisotopic (exact) mass is 171 g/mol. The highest BCUT2D eigenvalue weighted by Crippen LogP contribution is 1.87. The highest BCUT2D eigenvalue weighted by molar-refractivity contribution is 7.84. The van der Waals surface area contributed by atoms with Crippen LogP contribution in [0.4, 0.5) is 0 Å². The first-order valence-electron chi connectivity index (χ1n) is 2.34. The zero-order valence-corrected chi connectivity index (χ0v) is 6.49. The Labute approximate surface area is 60.0 Å². The van der Waals surface area contributed by atoms with Gasteiger partial charge >= 0.3 is 10.3 Å². The standard InChI is InChI=1S/C3H9NO3S2/c4-9(5,6)7-2-1-3-8/h8H,1-3H2,(H2,4,5,6). The number of hydrogen-bond acceptors (Lipinski definition) is 4. The molecule has 0 aromatic heterocycles. The molecule has 0 aliphatic heterocycles. The van der Waals surface area contributed by atoms with Crippen molar-refractivity contribution in [3.63, 3.8) is 0 Å². The molecule has 0 bridgehead atoms. The van der Waals surface area contributed by atoms with Gasteiger partial charge in [-0.05, 0) is 12.2 Å². The lowest BCUT2D eigenvalue weighted by atomic mass is 10.5. The molecule has 0 rings (SSSR count). The van der Waals surface area contributed by atoms with Crippen molar-refractivity contribution >= 4 is 22.9 Å². The van der Waals surface area contributed by atoms with E-state index < -0.39 is 10.3 Å². The molecular weight excluding hydrogens is 162 g/mol. The predicted molar refractivity (Wildman–Crippen MR) is 37.5 cm³/mol. The van der Waals surface area contributed by atoms with Gasteiger partial charge in [-0.3, -0.25) is 4.18 Å². The van der Waals surface area contributed by atoms with Gasteiger partial charge < -0.3 is 0 Å².